The van der Waals surface area contributed by atoms with Gasteiger partial charge in [0.25, 0.3) is 5.91 Å². The molecule has 0 heterocycles. The second-order valence-corrected chi connectivity index (χ2v) is 6.70. The van der Waals surface area contributed by atoms with E-state index in [1.807, 2.05) is 0 Å². The Bertz CT molecular complexity index is 507. The number of aliphatic hydroxyl groups is 1. The summed E-state index contributed by atoms with van der Waals surface area (Å²) in [6, 6.07) is 5.10. The smallest absolute Gasteiger partial charge is 0.251 e. The minimum absolute atomic E-state index is 0.198. The van der Waals surface area contributed by atoms with Gasteiger partial charge in [-0.2, -0.15) is 0 Å². The molecule has 1 saturated carbocycles. The van der Waals surface area contributed by atoms with E-state index in [9.17, 15) is 9.90 Å². The van der Waals surface area contributed by atoms with Crippen molar-refractivity contribution in [3.05, 3.63) is 28.2 Å². The highest BCUT2D eigenvalue weighted by atomic mass is 79.9. The van der Waals surface area contributed by atoms with Crippen molar-refractivity contribution in [3.63, 3.8) is 0 Å². The Kier molecular flexibility index (Phi) is 4.70. The number of nitrogen functional groups attached to an aromatic ring is 1. The van der Waals surface area contributed by atoms with Gasteiger partial charge in [-0.05, 0) is 52.9 Å². The number of rotatable bonds is 3. The van der Waals surface area contributed by atoms with Crippen molar-refractivity contribution in [1.82, 2.24) is 5.32 Å². The third-order valence-corrected chi connectivity index (χ3v) is 4.63. The Hall–Kier alpha value is -1.07. The number of amides is 1. The van der Waals surface area contributed by atoms with Gasteiger partial charge in [-0.3, -0.25) is 4.79 Å². The van der Waals surface area contributed by atoms with E-state index in [4.69, 9.17) is 5.73 Å². The summed E-state index contributed by atoms with van der Waals surface area (Å²) in [7, 11) is 0. The van der Waals surface area contributed by atoms with Gasteiger partial charge in [0.05, 0.1) is 5.60 Å². The molecular weight excluding hydrogens is 320 g/mol. The lowest BCUT2D eigenvalue weighted by molar-refractivity contribution is -0.0109. The lowest BCUT2D eigenvalue weighted by Gasteiger charge is -2.35. The molecule has 1 aromatic rings. The molecule has 0 radical (unpaired) electrons. The zero-order valence-corrected chi connectivity index (χ0v) is 13.2. The van der Waals surface area contributed by atoms with Crippen LogP contribution in [0.15, 0.2) is 22.7 Å². The molecule has 20 heavy (non-hydrogen) atoms. The van der Waals surface area contributed by atoms with Crippen molar-refractivity contribution >= 4 is 27.5 Å². The van der Waals surface area contributed by atoms with Crippen molar-refractivity contribution in [2.24, 2.45) is 5.92 Å². The largest absolute Gasteiger partial charge is 0.398 e. The molecular formula is C15H21BrN2O2. The lowest BCUT2D eigenvalue weighted by Crippen LogP contribution is -2.45. The average molecular weight is 341 g/mol. The topological polar surface area (TPSA) is 75.3 Å². The van der Waals surface area contributed by atoms with Gasteiger partial charge in [-0.15, -0.1) is 0 Å². The molecule has 0 spiro atoms. The first-order chi connectivity index (χ1) is 9.39. The van der Waals surface area contributed by atoms with Crippen LogP contribution in [0.4, 0.5) is 5.69 Å². The average Bonchev–Trinajstić information content (AvgIpc) is 2.39. The minimum Gasteiger partial charge on any atom is -0.398 e. The van der Waals surface area contributed by atoms with Crippen LogP contribution in [-0.4, -0.2) is 23.2 Å². The van der Waals surface area contributed by atoms with Crippen LogP contribution in [0.5, 0.6) is 0 Å². The zero-order valence-electron chi connectivity index (χ0n) is 11.7. The maximum atomic E-state index is 12.1. The summed E-state index contributed by atoms with van der Waals surface area (Å²) >= 11 is 3.30. The normalized spacial score (nSPS) is 26.2. The summed E-state index contributed by atoms with van der Waals surface area (Å²) in [6.07, 6.45) is 3.66. The summed E-state index contributed by atoms with van der Waals surface area (Å²) in [5.74, 6) is 0.310. The van der Waals surface area contributed by atoms with Gasteiger partial charge in [-0.1, -0.05) is 19.8 Å². The molecule has 0 bridgehead atoms. The molecule has 1 fully saturated rings. The highest BCUT2D eigenvalue weighted by Crippen LogP contribution is 2.31. The molecule has 2 atom stereocenters. The number of nitrogens with one attached hydrogen (secondary N) is 1. The molecule has 1 aliphatic carbocycles. The molecule has 0 saturated heterocycles. The predicted octanol–water partition coefficient (Wildman–Crippen LogP) is 2.70. The van der Waals surface area contributed by atoms with Gasteiger partial charge in [0.1, 0.15) is 0 Å². The van der Waals surface area contributed by atoms with Crippen LogP contribution in [-0.2, 0) is 0 Å². The van der Waals surface area contributed by atoms with Crippen LogP contribution in [0.2, 0.25) is 0 Å². The van der Waals surface area contributed by atoms with Crippen LogP contribution >= 0.6 is 15.9 Å². The molecule has 1 aliphatic rings. The summed E-state index contributed by atoms with van der Waals surface area (Å²) < 4.78 is 0.772. The van der Waals surface area contributed by atoms with E-state index in [1.54, 1.807) is 18.2 Å². The van der Waals surface area contributed by atoms with Gasteiger partial charge in [0.15, 0.2) is 0 Å². The van der Waals surface area contributed by atoms with Crippen LogP contribution < -0.4 is 11.1 Å². The highest BCUT2D eigenvalue weighted by molar-refractivity contribution is 9.10. The van der Waals surface area contributed by atoms with Gasteiger partial charge in [0, 0.05) is 22.3 Å². The number of hydrogen-bond acceptors (Lipinski definition) is 3. The maximum absolute atomic E-state index is 12.1. The van der Waals surface area contributed by atoms with E-state index < -0.39 is 5.60 Å². The maximum Gasteiger partial charge on any atom is 0.251 e. The van der Waals surface area contributed by atoms with E-state index in [2.05, 4.69) is 28.2 Å². The summed E-state index contributed by atoms with van der Waals surface area (Å²) in [4.78, 5) is 12.1. The second-order valence-electron chi connectivity index (χ2n) is 5.84. The SMILES string of the molecule is CC1CCCC(O)(CNC(=O)c2ccc(Br)c(N)c2)C1. The highest BCUT2D eigenvalue weighted by Gasteiger charge is 2.32. The fraction of sp³-hybridized carbons (Fsp3) is 0.533. The summed E-state index contributed by atoms with van der Waals surface area (Å²) in [5.41, 5.74) is 6.04. The Morgan fingerprint density at radius 1 is 1.60 bits per heavy atom. The predicted molar refractivity (Wildman–Crippen MR) is 83.5 cm³/mol. The number of anilines is 1. The molecule has 4 N–H and O–H groups in total. The van der Waals surface area contributed by atoms with Crippen LogP contribution in [0.3, 0.4) is 0 Å². The number of carbonyl (C=O) groups excluding carboxylic acids is 1. The van der Waals surface area contributed by atoms with Crippen molar-refractivity contribution in [2.75, 3.05) is 12.3 Å². The van der Waals surface area contributed by atoms with Crippen molar-refractivity contribution < 1.29 is 9.90 Å². The standard InChI is InChI=1S/C15H21BrN2O2/c1-10-3-2-6-15(20,8-10)9-18-14(19)11-4-5-12(16)13(17)7-11/h4-5,7,10,20H,2-3,6,8-9,17H2,1H3,(H,18,19). The Balaban J connectivity index is 1.96. The Morgan fingerprint density at radius 3 is 3.00 bits per heavy atom. The van der Waals surface area contributed by atoms with Crippen molar-refractivity contribution in [3.8, 4) is 0 Å². The molecule has 110 valence electrons. The van der Waals surface area contributed by atoms with E-state index in [1.165, 1.54) is 0 Å². The molecule has 0 aromatic heterocycles. The van der Waals surface area contributed by atoms with Crippen LogP contribution in [0.1, 0.15) is 43.0 Å². The van der Waals surface area contributed by atoms with Crippen molar-refractivity contribution in [2.45, 2.75) is 38.2 Å². The summed E-state index contributed by atoms with van der Waals surface area (Å²) in [6.45, 7) is 2.44. The van der Waals surface area contributed by atoms with E-state index in [0.717, 1.165) is 30.2 Å². The number of hydrogen-bond donors (Lipinski definition) is 3. The number of benzene rings is 1. The quantitative estimate of drug-likeness (QED) is 0.740. The Labute approximate surface area is 127 Å². The molecule has 2 unspecified atom stereocenters. The van der Waals surface area contributed by atoms with Crippen LogP contribution in [0, 0.1) is 5.92 Å². The molecule has 4 nitrogen and oxygen atoms in total. The first kappa shape index (κ1) is 15.3. The van der Waals surface area contributed by atoms with E-state index in [-0.39, 0.29) is 5.91 Å². The minimum atomic E-state index is -0.770. The van der Waals surface area contributed by atoms with Gasteiger partial charge >= 0.3 is 0 Å². The van der Waals surface area contributed by atoms with Crippen molar-refractivity contribution in [1.29, 1.82) is 0 Å². The second kappa shape index (κ2) is 6.14. The van der Waals surface area contributed by atoms with E-state index >= 15 is 0 Å². The van der Waals surface area contributed by atoms with Gasteiger partial charge in [-0.25, -0.2) is 0 Å². The van der Waals surface area contributed by atoms with Crippen LogP contribution in [0.25, 0.3) is 0 Å². The monoisotopic (exact) mass is 340 g/mol. The first-order valence-electron chi connectivity index (χ1n) is 6.95. The number of nitrogens with two attached hydrogens (primary N) is 1. The molecule has 1 amide bonds. The fourth-order valence-corrected chi connectivity index (χ4v) is 3.07. The Morgan fingerprint density at radius 2 is 2.35 bits per heavy atom. The fourth-order valence-electron chi connectivity index (χ4n) is 2.82. The van der Waals surface area contributed by atoms with Gasteiger partial charge < -0.3 is 16.2 Å². The molecule has 1 aromatic carbocycles. The number of carbonyl (C=O) groups is 1. The third-order valence-electron chi connectivity index (χ3n) is 3.90. The molecule has 2 rings (SSSR count). The third kappa shape index (κ3) is 3.73. The van der Waals surface area contributed by atoms with E-state index in [0.29, 0.717) is 23.7 Å². The first-order valence-corrected chi connectivity index (χ1v) is 7.74. The van der Waals surface area contributed by atoms with Gasteiger partial charge in [0.2, 0.25) is 0 Å². The number of halogens is 1. The summed E-state index contributed by atoms with van der Waals surface area (Å²) in [5, 5.41) is 13.3. The lowest BCUT2D eigenvalue weighted by atomic mass is 9.79. The molecule has 0 aliphatic heterocycles. The molecule has 5 heteroatoms. The zero-order chi connectivity index (χ0) is 14.8.